The monoisotopic (exact) mass is 436 g/mol. The highest BCUT2D eigenvalue weighted by Gasteiger charge is 2.35. The van der Waals surface area contributed by atoms with Crippen molar-refractivity contribution in [1.29, 1.82) is 0 Å². The van der Waals surface area contributed by atoms with Crippen molar-refractivity contribution in [3.63, 3.8) is 0 Å². The quantitative estimate of drug-likeness (QED) is 0.517. The smallest absolute Gasteiger partial charge is 0.243 e. The number of nitrogens with two attached hydrogens (primary N) is 1. The van der Waals surface area contributed by atoms with Gasteiger partial charge in [-0.1, -0.05) is 0 Å². The fourth-order valence-electron chi connectivity index (χ4n) is 4.60. The number of nitrogens with zero attached hydrogens (tertiary/aromatic N) is 5. The number of amides is 1. The molecule has 2 aliphatic rings. The van der Waals surface area contributed by atoms with E-state index in [1.165, 1.54) is 0 Å². The highest BCUT2D eigenvalue weighted by Crippen LogP contribution is 2.40. The van der Waals surface area contributed by atoms with Crippen molar-refractivity contribution >= 4 is 34.2 Å². The molecule has 4 aromatic rings. The van der Waals surface area contributed by atoms with Crippen molar-refractivity contribution < 1.29 is 9.53 Å². The number of imidazole rings is 1. The summed E-state index contributed by atoms with van der Waals surface area (Å²) in [6.07, 6.45) is 5.55. The number of ether oxygens (including phenoxy) is 1. The average Bonchev–Trinajstić information content (AvgIpc) is 3.45. The molecule has 2 N–H and O–H groups in total. The first kappa shape index (κ1) is 18.6. The second-order valence-corrected chi connectivity index (χ2v) is 8.74. The van der Waals surface area contributed by atoms with Crippen LogP contribution in [0.1, 0.15) is 24.8 Å². The van der Waals surface area contributed by atoms with E-state index in [9.17, 15) is 4.79 Å². The normalized spacial score (nSPS) is 16.9. The van der Waals surface area contributed by atoms with Gasteiger partial charge in [0.25, 0.3) is 0 Å². The molecular weight excluding hydrogens is 416 g/mol. The first-order valence-electron chi connectivity index (χ1n) is 10.5. The Hall–Kier alpha value is -3.13. The molecule has 1 aromatic carbocycles. The van der Waals surface area contributed by atoms with E-state index in [0.29, 0.717) is 24.6 Å². The van der Waals surface area contributed by atoms with Gasteiger partial charge in [-0.05, 0) is 73.0 Å². The summed E-state index contributed by atoms with van der Waals surface area (Å²) in [6.45, 7) is 1.44. The van der Waals surface area contributed by atoms with E-state index in [2.05, 4.69) is 20.7 Å². The molecule has 0 unspecified atom stereocenters. The number of primary amides is 1. The predicted molar refractivity (Wildman–Crippen MR) is 116 cm³/mol. The highest BCUT2D eigenvalue weighted by molar-refractivity contribution is 6.28. The van der Waals surface area contributed by atoms with Crippen LogP contribution >= 0.6 is 11.6 Å². The van der Waals surface area contributed by atoms with Crippen molar-refractivity contribution in [2.24, 2.45) is 17.6 Å². The van der Waals surface area contributed by atoms with Gasteiger partial charge in [-0.2, -0.15) is 4.98 Å². The first-order valence-corrected chi connectivity index (χ1v) is 10.9. The number of hydrogen-bond acceptors (Lipinski definition) is 5. The molecular formula is C22H21ClN6O2. The van der Waals surface area contributed by atoms with Crippen LogP contribution in [-0.4, -0.2) is 36.7 Å². The minimum atomic E-state index is -0.222. The highest BCUT2D eigenvalue weighted by atomic mass is 35.5. The Morgan fingerprint density at radius 2 is 2.16 bits per heavy atom. The van der Waals surface area contributed by atoms with Crippen LogP contribution in [0.4, 0.5) is 0 Å². The van der Waals surface area contributed by atoms with Gasteiger partial charge in [0.05, 0.1) is 12.1 Å². The standard InChI is InChI=1S/C22H21ClN6O2/c23-22-26-18-5-4-14(11-29(18)27-22)21-25-16-9-12(8-15(20(24)30)13-2-3-13)10-17-19(16)28(21)6-1-7-31-17/h4-5,9-11,13,15H,1-3,6-8H2,(H2,24,30)/t15-/m0/s1. The number of pyridine rings is 1. The van der Waals surface area contributed by atoms with E-state index in [-0.39, 0.29) is 17.1 Å². The Balaban J connectivity index is 1.48. The van der Waals surface area contributed by atoms with Crippen LogP contribution in [0.25, 0.3) is 28.1 Å². The van der Waals surface area contributed by atoms with Crippen molar-refractivity contribution in [2.45, 2.75) is 32.2 Å². The van der Waals surface area contributed by atoms with E-state index >= 15 is 0 Å². The zero-order valence-electron chi connectivity index (χ0n) is 16.8. The second-order valence-electron chi connectivity index (χ2n) is 8.40. The van der Waals surface area contributed by atoms with Crippen molar-refractivity contribution in [3.8, 4) is 17.1 Å². The fraction of sp³-hybridized carbons (Fsp3) is 0.364. The third-order valence-electron chi connectivity index (χ3n) is 6.23. The number of carbonyl (C=O) groups is 1. The lowest BCUT2D eigenvalue weighted by atomic mass is 9.94. The Bertz CT molecular complexity index is 1340. The summed E-state index contributed by atoms with van der Waals surface area (Å²) >= 11 is 5.95. The number of aromatic nitrogens is 5. The van der Waals surface area contributed by atoms with E-state index in [0.717, 1.165) is 59.5 Å². The molecule has 4 heterocycles. The van der Waals surface area contributed by atoms with Crippen molar-refractivity contribution in [1.82, 2.24) is 24.1 Å². The van der Waals surface area contributed by atoms with Crippen LogP contribution in [-0.2, 0) is 17.8 Å². The number of aryl methyl sites for hydroxylation is 1. The molecule has 1 atom stereocenters. The summed E-state index contributed by atoms with van der Waals surface area (Å²) in [4.78, 5) is 21.1. The van der Waals surface area contributed by atoms with Crippen molar-refractivity contribution in [3.05, 3.63) is 41.3 Å². The number of carbonyl (C=O) groups excluding carboxylic acids is 1. The van der Waals surface area contributed by atoms with Gasteiger partial charge in [-0.15, -0.1) is 5.10 Å². The summed E-state index contributed by atoms with van der Waals surface area (Å²) in [5.41, 5.74) is 10.2. The summed E-state index contributed by atoms with van der Waals surface area (Å²) in [5.74, 6) is 1.72. The van der Waals surface area contributed by atoms with Gasteiger partial charge < -0.3 is 15.0 Å². The Labute approximate surface area is 183 Å². The molecule has 1 saturated carbocycles. The molecule has 0 saturated heterocycles. The number of benzene rings is 1. The lowest BCUT2D eigenvalue weighted by Crippen LogP contribution is -2.26. The predicted octanol–water partition coefficient (Wildman–Crippen LogP) is 3.24. The van der Waals surface area contributed by atoms with Crippen LogP contribution < -0.4 is 10.5 Å². The maximum absolute atomic E-state index is 12.0. The van der Waals surface area contributed by atoms with Gasteiger partial charge in [0.2, 0.25) is 11.2 Å². The lowest BCUT2D eigenvalue weighted by molar-refractivity contribution is -0.122. The maximum Gasteiger partial charge on any atom is 0.243 e. The summed E-state index contributed by atoms with van der Waals surface area (Å²) in [7, 11) is 0. The molecule has 1 amide bonds. The summed E-state index contributed by atoms with van der Waals surface area (Å²) in [5, 5.41) is 4.42. The average molecular weight is 437 g/mol. The zero-order valence-corrected chi connectivity index (χ0v) is 17.5. The Morgan fingerprint density at radius 1 is 1.29 bits per heavy atom. The molecule has 1 aliphatic carbocycles. The van der Waals surface area contributed by atoms with Gasteiger partial charge in [0.1, 0.15) is 17.1 Å². The molecule has 158 valence electrons. The number of fused-ring (bicyclic) bond motifs is 1. The molecule has 0 spiro atoms. The molecule has 8 nitrogen and oxygen atoms in total. The molecule has 3 aromatic heterocycles. The van der Waals surface area contributed by atoms with Crippen LogP contribution in [0, 0.1) is 11.8 Å². The van der Waals surface area contributed by atoms with E-state index in [1.807, 2.05) is 24.4 Å². The van der Waals surface area contributed by atoms with Gasteiger partial charge in [-0.25, -0.2) is 9.50 Å². The van der Waals surface area contributed by atoms with E-state index in [1.54, 1.807) is 4.52 Å². The Morgan fingerprint density at radius 3 is 2.97 bits per heavy atom. The number of hydrogen-bond donors (Lipinski definition) is 1. The number of halogens is 1. The summed E-state index contributed by atoms with van der Waals surface area (Å²) < 4.78 is 9.95. The topological polar surface area (TPSA) is 100 Å². The van der Waals surface area contributed by atoms with Crippen molar-refractivity contribution in [2.75, 3.05) is 6.61 Å². The lowest BCUT2D eigenvalue weighted by Gasteiger charge is -2.13. The van der Waals surface area contributed by atoms with Gasteiger partial charge in [-0.3, -0.25) is 4.79 Å². The molecule has 6 rings (SSSR count). The van der Waals surface area contributed by atoms with Crippen LogP contribution in [0.2, 0.25) is 5.28 Å². The van der Waals surface area contributed by atoms with Gasteiger partial charge in [0, 0.05) is 24.2 Å². The Kier molecular flexibility index (Phi) is 4.17. The van der Waals surface area contributed by atoms with Crippen LogP contribution in [0.3, 0.4) is 0 Å². The molecule has 9 heteroatoms. The minimum Gasteiger partial charge on any atom is -0.491 e. The zero-order chi connectivity index (χ0) is 21.1. The second kappa shape index (κ2) is 6.95. The van der Waals surface area contributed by atoms with Crippen LogP contribution in [0.15, 0.2) is 30.5 Å². The minimum absolute atomic E-state index is 0.128. The molecule has 0 radical (unpaired) electrons. The largest absolute Gasteiger partial charge is 0.491 e. The SMILES string of the molecule is NC(=O)[C@@H](Cc1cc2c3c(c1)nc(-c1ccc4nc(Cl)nn4c1)n3CCCO2)C1CC1. The van der Waals surface area contributed by atoms with E-state index in [4.69, 9.17) is 27.1 Å². The molecule has 1 aliphatic heterocycles. The molecule has 0 bridgehead atoms. The maximum atomic E-state index is 12.0. The third-order valence-corrected chi connectivity index (χ3v) is 6.39. The molecule has 31 heavy (non-hydrogen) atoms. The first-order chi connectivity index (χ1) is 15.1. The van der Waals surface area contributed by atoms with Gasteiger partial charge in [0.15, 0.2) is 5.65 Å². The van der Waals surface area contributed by atoms with Crippen LogP contribution in [0.5, 0.6) is 5.75 Å². The number of rotatable bonds is 5. The fourth-order valence-corrected chi connectivity index (χ4v) is 4.76. The third kappa shape index (κ3) is 3.22. The van der Waals surface area contributed by atoms with Gasteiger partial charge >= 0.3 is 0 Å². The summed E-state index contributed by atoms with van der Waals surface area (Å²) in [6, 6.07) is 7.98. The molecule has 1 fully saturated rings. The van der Waals surface area contributed by atoms with E-state index < -0.39 is 0 Å².